The van der Waals surface area contributed by atoms with Gasteiger partial charge in [0.25, 0.3) is 0 Å². The van der Waals surface area contributed by atoms with E-state index in [1.807, 2.05) is 107 Å². The molecule has 0 spiro atoms. The first kappa shape index (κ1) is 41.5. The average Bonchev–Trinajstić information content (AvgIpc) is 3.96. The Morgan fingerprint density at radius 2 is 1.00 bits per heavy atom. The second-order valence-electron chi connectivity index (χ2n) is 11.4. The smallest absolute Gasteiger partial charge is 0.168 e. The van der Waals surface area contributed by atoms with Gasteiger partial charge in [-0.2, -0.15) is 0 Å². The fourth-order valence-electron chi connectivity index (χ4n) is 5.23. The molecule has 0 N–H and O–H groups in total. The molecule has 1 saturated heterocycles. The third-order valence-corrected chi connectivity index (χ3v) is 8.93. The summed E-state index contributed by atoms with van der Waals surface area (Å²) >= 11 is 24.5. The number of halogens is 4. The Morgan fingerprint density at radius 3 is 1.45 bits per heavy atom. The van der Waals surface area contributed by atoms with Gasteiger partial charge in [0.15, 0.2) is 5.78 Å². The number of epoxide rings is 1. The average molecular weight is 789 g/mol. The molecule has 1 atom stereocenters. The van der Waals surface area contributed by atoms with E-state index in [1.54, 1.807) is 54.6 Å². The number of rotatable bonds is 10. The second kappa shape index (κ2) is 20.8. The number of hydrogen-bond acceptors (Lipinski definition) is 4. The molecule has 1 fully saturated rings. The maximum atomic E-state index is 12.4. The van der Waals surface area contributed by atoms with Crippen LogP contribution in [-0.2, 0) is 23.2 Å². The van der Waals surface area contributed by atoms with Crippen LogP contribution in [0.25, 0.3) is 0 Å². The summed E-state index contributed by atoms with van der Waals surface area (Å²) in [6, 6.07) is 45.0. The Bertz CT molecular complexity index is 2010. The van der Waals surface area contributed by atoms with Gasteiger partial charge in [-0.05, 0) is 83.9 Å². The van der Waals surface area contributed by atoms with Crippen molar-refractivity contribution in [1.29, 1.82) is 0 Å². The molecule has 0 amide bonds. The lowest BCUT2D eigenvalue weighted by Gasteiger charge is -2.15. The lowest BCUT2D eigenvalue weighted by Crippen LogP contribution is -2.13. The molecule has 1 aliphatic heterocycles. The normalized spacial score (nSPS) is 13.8. The summed E-state index contributed by atoms with van der Waals surface area (Å²) in [5.41, 5.74) is 3.36. The van der Waals surface area contributed by atoms with Crippen LogP contribution in [-0.4, -0.2) is 12.4 Å². The highest BCUT2D eigenvalue weighted by Gasteiger charge is 2.47. The number of ketones is 1. The van der Waals surface area contributed by atoms with Gasteiger partial charge >= 0.3 is 0 Å². The van der Waals surface area contributed by atoms with E-state index in [-0.39, 0.29) is 11.4 Å². The predicted octanol–water partition coefficient (Wildman–Crippen LogP) is 14.5. The molecule has 1 aliphatic rings. The molecule has 1 unspecified atom stereocenters. The van der Waals surface area contributed by atoms with Gasteiger partial charge in [0.2, 0.25) is 0 Å². The Labute approximate surface area is 333 Å². The van der Waals surface area contributed by atoms with Crippen molar-refractivity contribution in [3.05, 3.63) is 188 Å². The van der Waals surface area contributed by atoms with Gasteiger partial charge in [-0.25, -0.2) is 0 Å². The largest absolute Gasteiger partial charge is 0.457 e. The Balaban J connectivity index is 0.000000217. The summed E-state index contributed by atoms with van der Waals surface area (Å²) in [5, 5.41) is 2.35. The number of benzene rings is 6. The van der Waals surface area contributed by atoms with Crippen LogP contribution < -0.4 is 9.47 Å². The first-order chi connectivity index (χ1) is 25.8. The van der Waals surface area contributed by atoms with E-state index in [2.05, 4.69) is 12.1 Å². The topological polar surface area (TPSA) is 48.1 Å². The maximum Gasteiger partial charge on any atom is 0.168 e. The summed E-state index contributed by atoms with van der Waals surface area (Å²) in [7, 11) is 0. The van der Waals surface area contributed by atoms with Crippen molar-refractivity contribution < 1.29 is 19.0 Å². The molecule has 8 heteroatoms. The van der Waals surface area contributed by atoms with E-state index in [9.17, 15) is 4.79 Å². The third kappa shape index (κ3) is 12.4. The summed E-state index contributed by atoms with van der Waals surface area (Å²) in [6.07, 6.45) is 1.13. The van der Waals surface area contributed by atoms with Crippen LogP contribution in [0.3, 0.4) is 0 Å². The van der Waals surface area contributed by atoms with Crippen molar-refractivity contribution in [3.63, 3.8) is 0 Å². The fraction of sp³-hybridized carbons (Fsp3) is 0.178. The van der Waals surface area contributed by atoms with Crippen molar-refractivity contribution in [2.45, 2.75) is 46.1 Å². The van der Waals surface area contributed by atoms with E-state index in [1.165, 1.54) is 5.56 Å². The summed E-state index contributed by atoms with van der Waals surface area (Å²) in [4.78, 5) is 12.4. The van der Waals surface area contributed by atoms with Gasteiger partial charge in [0, 0.05) is 40.1 Å². The first-order valence-corrected chi connectivity index (χ1v) is 19.0. The monoisotopic (exact) mass is 786 g/mol. The summed E-state index contributed by atoms with van der Waals surface area (Å²) < 4.78 is 17.3. The minimum atomic E-state index is -0.322. The highest BCUT2D eigenvalue weighted by Crippen LogP contribution is 2.46. The number of ether oxygens (including phenoxy) is 3. The second-order valence-corrected chi connectivity index (χ2v) is 13.1. The predicted molar refractivity (Wildman–Crippen MR) is 221 cm³/mol. The van der Waals surface area contributed by atoms with E-state index in [0.717, 1.165) is 23.3 Å². The van der Waals surface area contributed by atoms with Crippen LogP contribution in [0.5, 0.6) is 23.0 Å². The van der Waals surface area contributed by atoms with Crippen molar-refractivity contribution in [3.8, 4) is 23.0 Å². The molecule has 6 aromatic rings. The fourth-order valence-corrected chi connectivity index (χ4v) is 6.10. The SMILES string of the molecule is CC.CC.Clc1ccc(Oc2ccc(C3(Cc4ccccc4)CO3)c(Cl)c2)cc1.O=C(Cc1ccccc1)c1ccc(Oc2ccc(Cl)cc2)cc1Cl. The molecule has 6 aromatic carbocycles. The lowest BCUT2D eigenvalue weighted by atomic mass is 9.92. The molecule has 274 valence electrons. The molecular formula is C45H42Cl4O4. The number of carbonyl (C=O) groups excluding carboxylic acids is 1. The van der Waals surface area contributed by atoms with Gasteiger partial charge in [0.1, 0.15) is 28.6 Å². The third-order valence-electron chi connectivity index (χ3n) is 7.80. The number of hydrogen-bond donors (Lipinski definition) is 0. The summed E-state index contributed by atoms with van der Waals surface area (Å²) in [5.74, 6) is 2.60. The molecule has 53 heavy (non-hydrogen) atoms. The van der Waals surface area contributed by atoms with Gasteiger partial charge < -0.3 is 14.2 Å². The molecule has 0 saturated carbocycles. The molecule has 0 radical (unpaired) electrons. The van der Waals surface area contributed by atoms with Crippen LogP contribution in [0.15, 0.2) is 146 Å². The molecular weight excluding hydrogens is 746 g/mol. The van der Waals surface area contributed by atoms with Crippen LogP contribution in [0.4, 0.5) is 0 Å². The Kier molecular flexibility index (Phi) is 16.3. The number of Topliss-reactive ketones (excluding diaryl/α,β-unsaturated/α-hetero) is 1. The van der Waals surface area contributed by atoms with Crippen LogP contribution in [0.2, 0.25) is 20.1 Å². The van der Waals surface area contributed by atoms with E-state index >= 15 is 0 Å². The zero-order valence-corrected chi connectivity index (χ0v) is 33.1. The Hall–Kier alpha value is -4.29. The quantitative estimate of drug-likeness (QED) is 0.102. The van der Waals surface area contributed by atoms with Crippen molar-refractivity contribution in [2.24, 2.45) is 0 Å². The zero-order chi connectivity index (χ0) is 38.2. The van der Waals surface area contributed by atoms with Gasteiger partial charge in [0.05, 0.1) is 16.7 Å². The minimum Gasteiger partial charge on any atom is -0.457 e. The van der Waals surface area contributed by atoms with E-state index in [0.29, 0.717) is 55.9 Å². The molecule has 0 bridgehead atoms. The Morgan fingerprint density at radius 1 is 0.566 bits per heavy atom. The first-order valence-electron chi connectivity index (χ1n) is 17.5. The molecule has 0 aliphatic carbocycles. The van der Waals surface area contributed by atoms with Crippen LogP contribution >= 0.6 is 46.4 Å². The highest BCUT2D eigenvalue weighted by atomic mass is 35.5. The molecule has 0 aromatic heterocycles. The molecule has 1 heterocycles. The van der Waals surface area contributed by atoms with Crippen molar-refractivity contribution in [2.75, 3.05) is 6.61 Å². The lowest BCUT2D eigenvalue weighted by molar-refractivity contribution is 0.0993. The van der Waals surface area contributed by atoms with E-state index in [4.69, 9.17) is 60.6 Å². The van der Waals surface area contributed by atoms with Crippen LogP contribution in [0, 0.1) is 0 Å². The van der Waals surface area contributed by atoms with Gasteiger partial charge in [-0.15, -0.1) is 0 Å². The standard InChI is InChI=1S/C21H16Cl2O2.C20H14Cl2O2.2C2H6/c22-16-6-8-17(9-7-16)25-18-10-11-19(20(23)12-18)21(14-24-21)13-15-4-2-1-3-5-15;21-15-6-8-16(9-7-15)24-17-10-11-18(19(22)13-17)20(23)12-14-4-2-1-3-5-14;2*1-2/h1-12H,13-14H2;1-11,13H,12H2;2*1-2H3. The highest BCUT2D eigenvalue weighted by molar-refractivity contribution is 6.34. The van der Waals surface area contributed by atoms with Gasteiger partial charge in [-0.1, -0.05) is 141 Å². The van der Waals surface area contributed by atoms with Crippen molar-refractivity contribution >= 4 is 52.2 Å². The van der Waals surface area contributed by atoms with E-state index < -0.39 is 0 Å². The molecule has 4 nitrogen and oxygen atoms in total. The number of carbonyl (C=O) groups is 1. The van der Waals surface area contributed by atoms with Gasteiger partial charge in [-0.3, -0.25) is 4.79 Å². The van der Waals surface area contributed by atoms with Crippen molar-refractivity contribution in [1.82, 2.24) is 0 Å². The minimum absolute atomic E-state index is 0.0238. The van der Waals surface area contributed by atoms with Crippen LogP contribution in [0.1, 0.15) is 54.7 Å². The molecule has 7 rings (SSSR count). The zero-order valence-electron chi connectivity index (χ0n) is 30.1. The maximum absolute atomic E-state index is 12.4. The summed E-state index contributed by atoms with van der Waals surface area (Å²) in [6.45, 7) is 8.68.